The molecule has 0 amide bonds. The molecule has 2 heterocycles. The Labute approximate surface area is 139 Å². The van der Waals surface area contributed by atoms with Crippen LogP contribution in [0.3, 0.4) is 0 Å². The van der Waals surface area contributed by atoms with E-state index in [9.17, 15) is 9.59 Å². The van der Waals surface area contributed by atoms with Crippen LogP contribution in [-0.2, 0) is 13.6 Å². The number of benzene rings is 1. The zero-order valence-corrected chi connectivity index (χ0v) is 14.1. The highest BCUT2D eigenvalue weighted by Gasteiger charge is 2.14. The molecule has 1 aromatic carbocycles. The zero-order valence-electron chi connectivity index (χ0n) is 12.5. The first-order chi connectivity index (χ1) is 11.0. The van der Waals surface area contributed by atoms with Crippen molar-refractivity contribution in [3.8, 4) is 5.75 Å². The Balaban J connectivity index is 2.12. The lowest BCUT2D eigenvalue weighted by Gasteiger charge is -2.11. The van der Waals surface area contributed by atoms with Gasteiger partial charge in [0, 0.05) is 18.2 Å². The molecule has 118 valence electrons. The molecule has 0 aliphatic heterocycles. The summed E-state index contributed by atoms with van der Waals surface area (Å²) in [6, 6.07) is 5.06. The maximum absolute atomic E-state index is 12.7. The Kier molecular flexibility index (Phi) is 3.99. The normalized spacial score (nSPS) is 10.9. The summed E-state index contributed by atoms with van der Waals surface area (Å²) in [4.78, 5) is 27.9. The van der Waals surface area contributed by atoms with E-state index < -0.39 is 0 Å². The topological polar surface area (TPSA) is 79.0 Å². The van der Waals surface area contributed by atoms with Crippen molar-refractivity contribution >= 4 is 33.2 Å². The van der Waals surface area contributed by atoms with Crippen LogP contribution in [0.2, 0.25) is 0 Å². The molecule has 0 radical (unpaired) electrons. The highest BCUT2D eigenvalue weighted by molar-refractivity contribution is 9.10. The van der Waals surface area contributed by atoms with Gasteiger partial charge in [0.25, 0.3) is 5.56 Å². The molecule has 3 rings (SSSR count). The van der Waals surface area contributed by atoms with E-state index in [1.165, 1.54) is 10.9 Å². The number of methoxy groups -OCH3 is 1. The van der Waals surface area contributed by atoms with Crippen molar-refractivity contribution in [3.05, 3.63) is 50.6 Å². The fraction of sp³-hybridized carbons (Fsp3) is 0.200. The number of halogens is 1. The lowest BCUT2D eigenvalue weighted by molar-refractivity contribution is 0.112. The number of nitrogens with zero attached hydrogens (tertiary/aromatic N) is 4. The lowest BCUT2D eigenvalue weighted by atomic mass is 10.1. The summed E-state index contributed by atoms with van der Waals surface area (Å²) >= 11 is 3.28. The van der Waals surface area contributed by atoms with Crippen molar-refractivity contribution in [1.29, 1.82) is 0 Å². The number of hydrogen-bond acceptors (Lipinski definition) is 5. The van der Waals surface area contributed by atoms with Crippen LogP contribution in [0.1, 0.15) is 15.9 Å². The summed E-state index contributed by atoms with van der Waals surface area (Å²) in [5, 5.41) is 4.56. The second-order valence-corrected chi connectivity index (χ2v) is 5.73. The van der Waals surface area contributed by atoms with Crippen molar-refractivity contribution in [1.82, 2.24) is 19.3 Å². The molecule has 0 bridgehead atoms. The van der Waals surface area contributed by atoms with Crippen LogP contribution in [-0.4, -0.2) is 32.7 Å². The van der Waals surface area contributed by atoms with Crippen LogP contribution in [0, 0.1) is 0 Å². The lowest BCUT2D eigenvalue weighted by Crippen LogP contribution is -2.21. The summed E-state index contributed by atoms with van der Waals surface area (Å²) in [6.45, 7) is 0.244. The fourth-order valence-electron chi connectivity index (χ4n) is 2.43. The van der Waals surface area contributed by atoms with E-state index in [4.69, 9.17) is 4.74 Å². The Morgan fingerprint density at radius 1 is 1.39 bits per heavy atom. The van der Waals surface area contributed by atoms with Gasteiger partial charge in [-0.2, -0.15) is 5.10 Å². The molecule has 0 N–H and O–H groups in total. The van der Waals surface area contributed by atoms with Crippen molar-refractivity contribution in [2.45, 2.75) is 6.54 Å². The van der Waals surface area contributed by atoms with E-state index in [0.29, 0.717) is 26.9 Å². The number of aryl methyl sites for hydroxylation is 1. The Hall–Kier alpha value is -2.48. The van der Waals surface area contributed by atoms with Crippen LogP contribution in [0.5, 0.6) is 5.75 Å². The summed E-state index contributed by atoms with van der Waals surface area (Å²) in [6.07, 6.45) is 2.22. The van der Waals surface area contributed by atoms with Gasteiger partial charge in [-0.15, -0.1) is 0 Å². The molecule has 8 heteroatoms. The number of carbonyl (C=O) groups excluding carboxylic acids is 1. The Bertz CT molecular complexity index is 961. The first-order valence-corrected chi connectivity index (χ1v) is 7.54. The number of aromatic nitrogens is 4. The third kappa shape index (κ3) is 2.65. The maximum atomic E-state index is 12.7. The van der Waals surface area contributed by atoms with Gasteiger partial charge < -0.3 is 4.74 Å². The minimum Gasteiger partial charge on any atom is -0.496 e. The quantitative estimate of drug-likeness (QED) is 0.648. The monoisotopic (exact) mass is 376 g/mol. The van der Waals surface area contributed by atoms with Crippen LogP contribution < -0.4 is 10.3 Å². The number of fused-ring (bicyclic) bond motifs is 1. The molecule has 3 aromatic rings. The smallest absolute Gasteiger partial charge is 0.265 e. The van der Waals surface area contributed by atoms with Gasteiger partial charge in [0.15, 0.2) is 5.65 Å². The third-order valence-corrected chi connectivity index (χ3v) is 4.10. The average Bonchev–Trinajstić information content (AvgIpc) is 2.84. The highest BCUT2D eigenvalue weighted by atomic mass is 79.9. The molecular formula is C15H13BrN4O3. The molecule has 0 saturated carbocycles. The van der Waals surface area contributed by atoms with Crippen molar-refractivity contribution in [3.63, 3.8) is 0 Å². The van der Waals surface area contributed by atoms with Gasteiger partial charge in [0.1, 0.15) is 28.4 Å². The van der Waals surface area contributed by atoms with Crippen molar-refractivity contribution in [2.75, 3.05) is 7.11 Å². The first kappa shape index (κ1) is 15.4. The molecule has 0 spiro atoms. The number of aldehydes is 1. The SMILES string of the molecule is COc1ccc(C=O)cc1Cn1cnc2c(c(Br)nn2C)c1=O. The molecule has 0 unspecified atom stereocenters. The maximum Gasteiger partial charge on any atom is 0.265 e. The Morgan fingerprint density at radius 3 is 2.87 bits per heavy atom. The van der Waals surface area contributed by atoms with E-state index >= 15 is 0 Å². The van der Waals surface area contributed by atoms with Gasteiger partial charge in [0.05, 0.1) is 13.7 Å². The highest BCUT2D eigenvalue weighted by Crippen LogP contribution is 2.21. The fourth-order valence-corrected chi connectivity index (χ4v) is 3.01. The van der Waals surface area contributed by atoms with Gasteiger partial charge in [-0.25, -0.2) is 9.67 Å². The number of ether oxygens (including phenoxy) is 1. The van der Waals surface area contributed by atoms with Gasteiger partial charge >= 0.3 is 0 Å². The molecule has 0 fully saturated rings. The Morgan fingerprint density at radius 2 is 2.17 bits per heavy atom. The van der Waals surface area contributed by atoms with Gasteiger partial charge in [0.2, 0.25) is 0 Å². The first-order valence-electron chi connectivity index (χ1n) is 6.75. The van der Waals surface area contributed by atoms with E-state index in [-0.39, 0.29) is 12.1 Å². The predicted octanol–water partition coefficient (Wildman–Crippen LogP) is 1.76. The van der Waals surface area contributed by atoms with Crippen LogP contribution >= 0.6 is 15.9 Å². The van der Waals surface area contributed by atoms with Gasteiger partial charge in [-0.05, 0) is 34.1 Å². The minimum absolute atomic E-state index is 0.214. The number of carbonyl (C=O) groups is 1. The van der Waals surface area contributed by atoms with E-state index in [2.05, 4.69) is 26.0 Å². The van der Waals surface area contributed by atoms with Crippen LogP contribution in [0.15, 0.2) is 33.9 Å². The molecular weight excluding hydrogens is 364 g/mol. The van der Waals surface area contributed by atoms with Gasteiger partial charge in [-0.3, -0.25) is 14.2 Å². The average molecular weight is 377 g/mol. The molecule has 0 atom stereocenters. The number of rotatable bonds is 4. The molecule has 2 aromatic heterocycles. The van der Waals surface area contributed by atoms with Crippen LogP contribution in [0.25, 0.3) is 11.0 Å². The minimum atomic E-state index is -0.214. The van der Waals surface area contributed by atoms with E-state index in [1.807, 2.05) is 0 Å². The van der Waals surface area contributed by atoms with Crippen molar-refractivity contribution in [2.24, 2.45) is 7.05 Å². The zero-order chi connectivity index (χ0) is 16.6. The summed E-state index contributed by atoms with van der Waals surface area (Å²) in [7, 11) is 3.27. The van der Waals surface area contributed by atoms with Crippen LogP contribution in [0.4, 0.5) is 0 Å². The second kappa shape index (κ2) is 5.96. The molecule has 0 aliphatic rings. The standard InChI is InChI=1S/C15H13BrN4O3/c1-19-14-12(13(16)18-19)15(22)20(8-17-14)6-10-5-9(7-21)3-4-11(10)23-2/h3-5,7-8H,6H2,1-2H3. The third-order valence-electron chi connectivity index (χ3n) is 3.55. The van der Waals surface area contributed by atoms with Gasteiger partial charge in [-0.1, -0.05) is 0 Å². The van der Waals surface area contributed by atoms with E-state index in [1.54, 1.807) is 37.0 Å². The molecule has 7 nitrogen and oxygen atoms in total. The summed E-state index contributed by atoms with van der Waals surface area (Å²) in [5.74, 6) is 0.604. The molecule has 0 aliphatic carbocycles. The second-order valence-electron chi connectivity index (χ2n) is 4.98. The summed E-state index contributed by atoms with van der Waals surface area (Å²) in [5.41, 5.74) is 1.53. The molecule has 0 saturated heterocycles. The van der Waals surface area contributed by atoms with Crippen molar-refractivity contribution < 1.29 is 9.53 Å². The van der Waals surface area contributed by atoms with E-state index in [0.717, 1.165) is 11.8 Å². The summed E-state index contributed by atoms with van der Waals surface area (Å²) < 4.78 is 8.75. The number of hydrogen-bond donors (Lipinski definition) is 0. The molecule has 23 heavy (non-hydrogen) atoms. The predicted molar refractivity (Wildman–Crippen MR) is 88.0 cm³/mol. The largest absolute Gasteiger partial charge is 0.496 e.